The minimum atomic E-state index is -1.01. The van der Waals surface area contributed by atoms with Gasteiger partial charge in [-0.25, -0.2) is 0 Å². The molecule has 3 unspecified atom stereocenters. The fourth-order valence-corrected chi connectivity index (χ4v) is 10.9. The van der Waals surface area contributed by atoms with Gasteiger partial charge in [0, 0.05) is 0 Å². The van der Waals surface area contributed by atoms with Crippen LogP contribution in [0.5, 0.6) is 0 Å². The second-order valence-electron chi connectivity index (χ2n) is 15.5. The first-order valence-electron chi connectivity index (χ1n) is 14.2. The Balaban J connectivity index is 1.63. The Morgan fingerprint density at radius 3 is 2.24 bits per heavy atom. The van der Waals surface area contributed by atoms with E-state index in [1.165, 1.54) is 31.3 Å². The van der Waals surface area contributed by atoms with Gasteiger partial charge in [0.15, 0.2) is 0 Å². The fraction of sp³-hybridized carbons (Fsp3) is 0.903. The summed E-state index contributed by atoms with van der Waals surface area (Å²) in [5, 5.41) is 22.2. The van der Waals surface area contributed by atoms with E-state index in [1.807, 2.05) is 0 Å². The monoisotopic (exact) mass is 470 g/mol. The highest BCUT2D eigenvalue weighted by atomic mass is 16.4. The van der Waals surface area contributed by atoms with Crippen molar-refractivity contribution in [1.82, 2.24) is 0 Å². The zero-order valence-corrected chi connectivity index (χ0v) is 23.1. The summed E-state index contributed by atoms with van der Waals surface area (Å²) in [6, 6.07) is 0. The summed E-state index contributed by atoms with van der Waals surface area (Å²) in [4.78, 5) is 12.8. The van der Waals surface area contributed by atoms with Gasteiger partial charge in [0.1, 0.15) is 5.41 Å². The van der Waals surface area contributed by atoms with Crippen molar-refractivity contribution in [3.05, 3.63) is 11.6 Å². The van der Waals surface area contributed by atoms with E-state index < -0.39 is 17.5 Å². The summed E-state index contributed by atoms with van der Waals surface area (Å²) >= 11 is 0. The number of carboxylic acid groups (broad SMARTS) is 1. The molecule has 4 saturated carbocycles. The largest absolute Gasteiger partial charge is 0.481 e. The molecule has 192 valence electrons. The van der Waals surface area contributed by atoms with E-state index in [0.717, 1.165) is 31.1 Å². The Labute approximate surface area is 208 Å². The number of aliphatic carboxylic acids is 1. The summed E-state index contributed by atoms with van der Waals surface area (Å²) in [6.45, 7) is 19.6. The maximum Gasteiger partial charge on any atom is 0.312 e. The second-order valence-corrected chi connectivity index (χ2v) is 15.5. The molecular weight excluding hydrogens is 420 g/mol. The van der Waals surface area contributed by atoms with E-state index in [9.17, 15) is 15.0 Å². The van der Waals surface area contributed by atoms with Gasteiger partial charge in [0.05, 0.1) is 6.10 Å². The molecule has 0 radical (unpaired) electrons. The highest BCUT2D eigenvalue weighted by Crippen LogP contribution is 2.76. The molecule has 0 spiro atoms. The molecule has 5 rings (SSSR count). The molecule has 0 aromatic carbocycles. The molecule has 5 aliphatic carbocycles. The van der Waals surface area contributed by atoms with Crippen LogP contribution in [-0.4, -0.2) is 22.3 Å². The fourth-order valence-electron chi connectivity index (χ4n) is 10.9. The number of fused-ring (bicyclic) bond motifs is 7. The lowest BCUT2D eigenvalue weighted by Gasteiger charge is -2.71. The normalized spacial score (nSPS) is 53.4. The van der Waals surface area contributed by atoms with Gasteiger partial charge in [0.25, 0.3) is 0 Å². The minimum absolute atomic E-state index is 0.0476. The van der Waals surface area contributed by atoms with E-state index in [4.69, 9.17) is 0 Å². The molecule has 4 fully saturated rings. The van der Waals surface area contributed by atoms with Crippen LogP contribution in [0, 0.1) is 56.2 Å². The van der Waals surface area contributed by atoms with Gasteiger partial charge in [0.2, 0.25) is 0 Å². The van der Waals surface area contributed by atoms with Crippen LogP contribution in [0.2, 0.25) is 0 Å². The third kappa shape index (κ3) is 2.83. The van der Waals surface area contributed by atoms with Crippen LogP contribution < -0.4 is 0 Å². The third-order valence-corrected chi connectivity index (χ3v) is 13.6. The number of rotatable bonds is 1. The number of carboxylic acids is 1. The smallest absolute Gasteiger partial charge is 0.312 e. The number of aliphatic hydroxyl groups excluding tert-OH is 1. The molecular formula is C31H50O3. The van der Waals surface area contributed by atoms with Gasteiger partial charge in [-0.3, -0.25) is 4.79 Å². The van der Waals surface area contributed by atoms with Crippen LogP contribution in [0.4, 0.5) is 0 Å². The van der Waals surface area contributed by atoms with Crippen molar-refractivity contribution in [1.29, 1.82) is 0 Å². The Bertz CT molecular complexity index is 916. The Hall–Kier alpha value is -0.830. The summed E-state index contributed by atoms with van der Waals surface area (Å²) < 4.78 is 0. The average molecular weight is 471 g/mol. The Kier molecular flexibility index (Phi) is 5.22. The van der Waals surface area contributed by atoms with Crippen molar-refractivity contribution in [2.75, 3.05) is 0 Å². The topological polar surface area (TPSA) is 57.5 Å². The highest BCUT2D eigenvalue weighted by Gasteiger charge is 2.71. The van der Waals surface area contributed by atoms with Crippen LogP contribution in [0.15, 0.2) is 11.6 Å². The van der Waals surface area contributed by atoms with Crippen LogP contribution >= 0.6 is 0 Å². The molecule has 5 aliphatic rings. The Morgan fingerprint density at radius 2 is 1.59 bits per heavy atom. The molecule has 0 heterocycles. The molecule has 0 bridgehead atoms. The van der Waals surface area contributed by atoms with Gasteiger partial charge < -0.3 is 10.2 Å². The first kappa shape index (κ1) is 24.8. The molecule has 34 heavy (non-hydrogen) atoms. The molecule has 9 atom stereocenters. The van der Waals surface area contributed by atoms with E-state index in [0.29, 0.717) is 29.6 Å². The molecule has 2 N–H and O–H groups in total. The van der Waals surface area contributed by atoms with E-state index in [1.54, 1.807) is 0 Å². The second kappa shape index (κ2) is 7.14. The first-order chi connectivity index (χ1) is 15.6. The molecule has 3 nitrogen and oxygen atoms in total. The van der Waals surface area contributed by atoms with Gasteiger partial charge in [-0.1, -0.05) is 67.0 Å². The summed E-state index contributed by atoms with van der Waals surface area (Å²) in [6.07, 6.45) is 10.9. The maximum absolute atomic E-state index is 12.8. The quantitative estimate of drug-likeness (QED) is 0.391. The lowest BCUT2D eigenvalue weighted by Crippen LogP contribution is -2.67. The van der Waals surface area contributed by atoms with Gasteiger partial charge in [-0.15, -0.1) is 0 Å². The lowest BCUT2D eigenvalue weighted by atomic mass is 9.33. The first-order valence-corrected chi connectivity index (χ1v) is 14.2. The Morgan fingerprint density at radius 1 is 0.912 bits per heavy atom. The summed E-state index contributed by atoms with van der Waals surface area (Å²) in [7, 11) is 0. The number of hydrogen-bond donors (Lipinski definition) is 2. The summed E-state index contributed by atoms with van der Waals surface area (Å²) in [5.41, 5.74) is 1.15. The van der Waals surface area contributed by atoms with E-state index >= 15 is 0 Å². The molecule has 0 aromatic rings. The molecule has 0 amide bonds. The van der Waals surface area contributed by atoms with Crippen molar-refractivity contribution in [2.24, 2.45) is 56.2 Å². The van der Waals surface area contributed by atoms with Gasteiger partial charge in [-0.2, -0.15) is 0 Å². The third-order valence-electron chi connectivity index (χ3n) is 13.6. The number of aliphatic hydroxyl groups is 1. The number of allylic oxidation sites excluding steroid dienone is 2. The predicted octanol–water partition coefficient (Wildman–Crippen LogP) is 7.48. The van der Waals surface area contributed by atoms with Gasteiger partial charge >= 0.3 is 5.97 Å². The van der Waals surface area contributed by atoms with Crippen LogP contribution in [0.25, 0.3) is 0 Å². The summed E-state index contributed by atoms with van der Waals surface area (Å²) in [5.74, 6) is 1.28. The number of hydrogen-bond acceptors (Lipinski definition) is 2. The van der Waals surface area contributed by atoms with Crippen LogP contribution in [0.3, 0.4) is 0 Å². The van der Waals surface area contributed by atoms with Crippen molar-refractivity contribution in [2.45, 2.75) is 119 Å². The zero-order valence-electron chi connectivity index (χ0n) is 23.1. The van der Waals surface area contributed by atoms with E-state index in [2.05, 4.69) is 61.5 Å². The van der Waals surface area contributed by atoms with Gasteiger partial charge in [-0.05, 0) is 109 Å². The van der Waals surface area contributed by atoms with Crippen molar-refractivity contribution in [3.63, 3.8) is 0 Å². The van der Waals surface area contributed by atoms with E-state index in [-0.39, 0.29) is 22.2 Å². The zero-order chi connectivity index (χ0) is 25.1. The van der Waals surface area contributed by atoms with Crippen LogP contribution in [0.1, 0.15) is 113 Å². The van der Waals surface area contributed by atoms with Crippen LogP contribution in [-0.2, 0) is 4.79 Å². The minimum Gasteiger partial charge on any atom is -0.481 e. The highest BCUT2D eigenvalue weighted by molar-refractivity contribution is 5.77. The molecule has 3 heteroatoms. The van der Waals surface area contributed by atoms with Crippen molar-refractivity contribution < 1.29 is 15.0 Å². The van der Waals surface area contributed by atoms with Crippen molar-refractivity contribution >= 4 is 5.97 Å². The number of carbonyl (C=O) groups is 1. The average Bonchev–Trinajstić information content (AvgIpc) is 2.71. The maximum atomic E-state index is 12.8. The molecule has 0 aliphatic heterocycles. The standard InChI is InChI=1S/C31H50O3/c1-19-11-13-28(6)22(27(19,4)5)12-14-29(7)23(28)10-9-20-21-17-26(2,3)15-16-31(21,25(33)34)24(32)18-30(20,29)8/h9,19,21-24,32H,10-18H2,1-8H3,(H,33,34)/t19-,21?,22-,23?,24+,28?,29+,30+,31+/m0/s1. The lowest BCUT2D eigenvalue weighted by molar-refractivity contribution is -0.212. The van der Waals surface area contributed by atoms with Crippen molar-refractivity contribution in [3.8, 4) is 0 Å². The molecule has 0 saturated heterocycles. The SMILES string of the molecule is C[C@H]1CCC2(C)C3CC=C4C5CC(C)(C)CC[C@]5(C(=O)O)[C@H](O)C[C@@]4(C)[C@]3(C)CC[C@H]2C1(C)C. The predicted molar refractivity (Wildman–Crippen MR) is 137 cm³/mol. The molecule has 0 aromatic heterocycles.